The maximum Gasteiger partial charge on any atom is 0.338 e. The number of carbonyl (C=O) groups excluding carboxylic acids is 1. The molecule has 0 unspecified atom stereocenters. The summed E-state index contributed by atoms with van der Waals surface area (Å²) in [5.41, 5.74) is 3.78. The van der Waals surface area contributed by atoms with Gasteiger partial charge < -0.3 is 19.5 Å². The van der Waals surface area contributed by atoms with Gasteiger partial charge in [0.1, 0.15) is 11.5 Å². The van der Waals surface area contributed by atoms with E-state index in [0.717, 1.165) is 16.6 Å². The fourth-order valence-electron chi connectivity index (χ4n) is 3.84. The molecule has 0 saturated heterocycles. The van der Waals surface area contributed by atoms with Gasteiger partial charge in [-0.25, -0.2) is 9.78 Å². The number of aromatic nitrogens is 2. The maximum atomic E-state index is 13.2. The monoisotopic (exact) mass is 407 g/mol. The predicted octanol–water partition coefficient (Wildman–Crippen LogP) is 4.29. The fourth-order valence-corrected chi connectivity index (χ4v) is 3.84. The number of nitrogens with one attached hydrogen (secondary N) is 1. The average molecular weight is 407 g/mol. The number of esters is 1. The minimum Gasteiger partial charge on any atom is -0.497 e. The van der Waals surface area contributed by atoms with Crippen LogP contribution >= 0.6 is 0 Å². The van der Waals surface area contributed by atoms with Gasteiger partial charge in [0, 0.05) is 17.3 Å². The number of benzene rings is 2. The zero-order chi connectivity index (χ0) is 21.4. The Morgan fingerprint density at radius 3 is 2.60 bits per heavy atom. The first-order valence-corrected chi connectivity index (χ1v) is 9.82. The molecule has 156 valence electrons. The van der Waals surface area contributed by atoms with Crippen molar-refractivity contribution in [2.75, 3.05) is 19.5 Å². The van der Waals surface area contributed by atoms with Gasteiger partial charge in [-0.1, -0.05) is 12.1 Å². The topological polar surface area (TPSA) is 74.6 Å². The number of fused-ring (bicyclic) bond motifs is 3. The Hall–Kier alpha value is -3.48. The SMILES string of the molecule is COc1ccc([C@@H]2C(C(=O)OC(C)C)=C(C)Nc3nc4ccccc4n32)c(OC)c1. The molecule has 0 radical (unpaired) electrons. The molecule has 2 aromatic carbocycles. The molecule has 7 heteroatoms. The van der Waals surface area contributed by atoms with Crippen LogP contribution < -0.4 is 14.8 Å². The Balaban J connectivity index is 1.99. The lowest BCUT2D eigenvalue weighted by atomic mass is 9.94. The summed E-state index contributed by atoms with van der Waals surface area (Å²) in [6, 6.07) is 13.0. The van der Waals surface area contributed by atoms with Gasteiger partial charge in [-0.3, -0.25) is 4.57 Å². The summed E-state index contributed by atoms with van der Waals surface area (Å²) in [5, 5.41) is 3.28. The van der Waals surface area contributed by atoms with Gasteiger partial charge >= 0.3 is 5.97 Å². The van der Waals surface area contributed by atoms with Crippen molar-refractivity contribution >= 4 is 23.0 Å². The van der Waals surface area contributed by atoms with Gasteiger partial charge in [-0.2, -0.15) is 0 Å². The van der Waals surface area contributed by atoms with Crippen molar-refractivity contribution in [2.45, 2.75) is 32.9 Å². The molecule has 3 aromatic rings. The summed E-state index contributed by atoms with van der Waals surface area (Å²) in [7, 11) is 3.21. The third-order valence-corrected chi connectivity index (χ3v) is 5.13. The van der Waals surface area contributed by atoms with E-state index < -0.39 is 6.04 Å². The van der Waals surface area contributed by atoms with E-state index in [-0.39, 0.29) is 12.1 Å². The van der Waals surface area contributed by atoms with Gasteiger partial charge in [0.25, 0.3) is 0 Å². The van der Waals surface area contributed by atoms with E-state index in [1.807, 2.05) is 67.8 Å². The Morgan fingerprint density at radius 1 is 1.13 bits per heavy atom. The molecular weight excluding hydrogens is 382 g/mol. The third kappa shape index (κ3) is 3.26. The molecule has 1 aliphatic heterocycles. The van der Waals surface area contributed by atoms with E-state index in [2.05, 4.69) is 5.32 Å². The van der Waals surface area contributed by atoms with Crippen LogP contribution in [0.5, 0.6) is 11.5 Å². The molecule has 4 rings (SSSR count). The first-order chi connectivity index (χ1) is 14.4. The molecule has 0 aliphatic carbocycles. The normalized spacial score (nSPS) is 15.7. The zero-order valence-corrected chi connectivity index (χ0v) is 17.7. The maximum absolute atomic E-state index is 13.2. The van der Waals surface area contributed by atoms with E-state index in [1.165, 1.54) is 0 Å². The van der Waals surface area contributed by atoms with E-state index in [4.69, 9.17) is 19.2 Å². The van der Waals surface area contributed by atoms with E-state index in [9.17, 15) is 4.79 Å². The summed E-state index contributed by atoms with van der Waals surface area (Å²) >= 11 is 0. The number of nitrogens with zero attached hydrogens (tertiary/aromatic N) is 2. The smallest absolute Gasteiger partial charge is 0.338 e. The number of hydrogen-bond donors (Lipinski definition) is 1. The van der Waals surface area contributed by atoms with Crippen LogP contribution in [-0.2, 0) is 9.53 Å². The number of ether oxygens (including phenoxy) is 3. The molecule has 1 atom stereocenters. The van der Waals surface area contributed by atoms with Gasteiger partial charge in [0.2, 0.25) is 5.95 Å². The second kappa shape index (κ2) is 7.74. The molecule has 1 aliphatic rings. The van der Waals surface area contributed by atoms with E-state index in [0.29, 0.717) is 28.7 Å². The van der Waals surface area contributed by atoms with Crippen LogP contribution in [0.2, 0.25) is 0 Å². The van der Waals surface area contributed by atoms with Crippen molar-refractivity contribution in [3.05, 3.63) is 59.3 Å². The number of methoxy groups -OCH3 is 2. The second-order valence-corrected chi connectivity index (χ2v) is 7.42. The number of carbonyl (C=O) groups is 1. The number of anilines is 1. The number of hydrogen-bond acceptors (Lipinski definition) is 6. The van der Waals surface area contributed by atoms with Crippen molar-refractivity contribution < 1.29 is 19.0 Å². The van der Waals surface area contributed by atoms with Gasteiger partial charge in [-0.15, -0.1) is 0 Å². The van der Waals surface area contributed by atoms with Gasteiger partial charge in [0.15, 0.2) is 0 Å². The highest BCUT2D eigenvalue weighted by Crippen LogP contribution is 2.43. The van der Waals surface area contributed by atoms with Crippen LogP contribution in [0.1, 0.15) is 32.4 Å². The van der Waals surface area contributed by atoms with E-state index in [1.54, 1.807) is 14.2 Å². The lowest BCUT2D eigenvalue weighted by Gasteiger charge is -2.31. The molecule has 30 heavy (non-hydrogen) atoms. The molecule has 0 saturated carbocycles. The Kier molecular flexibility index (Phi) is 5.11. The van der Waals surface area contributed by atoms with Crippen molar-refractivity contribution in [1.29, 1.82) is 0 Å². The molecule has 0 bridgehead atoms. The second-order valence-electron chi connectivity index (χ2n) is 7.42. The quantitative estimate of drug-likeness (QED) is 0.636. The molecule has 1 N–H and O–H groups in total. The number of allylic oxidation sites excluding steroid dienone is 1. The number of rotatable bonds is 5. The zero-order valence-electron chi connectivity index (χ0n) is 17.7. The van der Waals surface area contributed by atoms with Gasteiger partial charge in [-0.05, 0) is 45.0 Å². The molecule has 7 nitrogen and oxygen atoms in total. The molecular formula is C23H25N3O4. The van der Waals surface area contributed by atoms with Crippen LogP contribution in [0.4, 0.5) is 5.95 Å². The van der Waals surface area contributed by atoms with Crippen molar-refractivity contribution in [1.82, 2.24) is 9.55 Å². The minimum absolute atomic E-state index is 0.239. The molecule has 0 amide bonds. The third-order valence-electron chi connectivity index (χ3n) is 5.13. The molecule has 1 aromatic heterocycles. The standard InChI is InChI=1S/C23H25N3O4/c1-13(2)30-22(27)20-14(3)24-23-25-17-8-6-7-9-18(17)26(23)21(20)16-11-10-15(28-4)12-19(16)29-5/h6-13,21H,1-5H3,(H,24,25)/t21-/m1/s1. The highest BCUT2D eigenvalue weighted by molar-refractivity contribution is 5.94. The molecule has 0 fully saturated rings. The van der Waals surface area contributed by atoms with Crippen molar-refractivity contribution in [2.24, 2.45) is 0 Å². The summed E-state index contributed by atoms with van der Waals surface area (Å²) in [6.07, 6.45) is -0.239. The van der Waals surface area contributed by atoms with Crippen LogP contribution in [0, 0.1) is 0 Å². The Bertz CT molecular complexity index is 1150. The van der Waals surface area contributed by atoms with E-state index >= 15 is 0 Å². The van der Waals surface area contributed by atoms with Crippen LogP contribution in [0.25, 0.3) is 11.0 Å². The first-order valence-electron chi connectivity index (χ1n) is 9.82. The highest BCUT2D eigenvalue weighted by Gasteiger charge is 2.36. The highest BCUT2D eigenvalue weighted by atomic mass is 16.5. The molecule has 0 spiro atoms. The summed E-state index contributed by atoms with van der Waals surface area (Å²) in [6.45, 7) is 5.54. The minimum atomic E-state index is -0.472. The number of imidazole rings is 1. The first kappa shape index (κ1) is 19.8. The fraction of sp³-hybridized carbons (Fsp3) is 0.304. The summed E-state index contributed by atoms with van der Waals surface area (Å²) in [4.78, 5) is 17.9. The Labute approximate surface area is 175 Å². The van der Waals surface area contributed by atoms with Gasteiger partial charge in [0.05, 0.1) is 43.0 Å². The van der Waals surface area contributed by atoms with Crippen molar-refractivity contribution in [3.8, 4) is 11.5 Å². The van der Waals surface area contributed by atoms with Crippen LogP contribution in [0.3, 0.4) is 0 Å². The lowest BCUT2D eigenvalue weighted by Crippen LogP contribution is -2.30. The largest absolute Gasteiger partial charge is 0.497 e. The number of para-hydroxylation sites is 2. The molecule has 2 heterocycles. The van der Waals surface area contributed by atoms with Crippen LogP contribution in [-0.4, -0.2) is 35.8 Å². The summed E-state index contributed by atoms with van der Waals surface area (Å²) < 4.78 is 18.7. The van der Waals surface area contributed by atoms with Crippen molar-refractivity contribution in [3.63, 3.8) is 0 Å². The van der Waals surface area contributed by atoms with Crippen LogP contribution in [0.15, 0.2) is 53.7 Å². The summed E-state index contributed by atoms with van der Waals surface area (Å²) in [5.74, 6) is 1.58. The Morgan fingerprint density at radius 2 is 1.90 bits per heavy atom. The lowest BCUT2D eigenvalue weighted by molar-refractivity contribution is -0.143. The average Bonchev–Trinajstić information content (AvgIpc) is 3.09. The predicted molar refractivity (Wildman–Crippen MR) is 115 cm³/mol.